The van der Waals surface area contributed by atoms with Crippen molar-refractivity contribution in [1.29, 1.82) is 0 Å². The summed E-state index contributed by atoms with van der Waals surface area (Å²) in [6.07, 6.45) is -0.902. The number of nitro groups is 1. The molecule has 4 atom stereocenters. The van der Waals surface area contributed by atoms with Crippen LogP contribution in [0.2, 0.25) is 0 Å². The molecule has 4 aromatic carbocycles. The molecule has 7 heteroatoms. The average Bonchev–Trinajstić information content (AvgIpc) is 3.36. The van der Waals surface area contributed by atoms with Crippen LogP contribution in [0.5, 0.6) is 5.75 Å². The Morgan fingerprint density at radius 2 is 1.64 bits per heavy atom. The number of anilines is 1. The van der Waals surface area contributed by atoms with Crippen LogP contribution in [-0.4, -0.2) is 34.9 Å². The molecule has 4 aromatic rings. The first-order valence-electron chi connectivity index (χ1n) is 12.0. The van der Waals surface area contributed by atoms with Crippen LogP contribution in [0.25, 0.3) is 10.8 Å². The molecule has 0 bridgehead atoms. The molecule has 0 saturated carbocycles. The molecule has 3 heterocycles. The van der Waals surface area contributed by atoms with Gasteiger partial charge in [0.05, 0.1) is 12.5 Å². The van der Waals surface area contributed by atoms with Crippen molar-refractivity contribution in [3.63, 3.8) is 0 Å². The maximum atomic E-state index is 13.9. The minimum absolute atomic E-state index is 0.0502. The smallest absolute Gasteiger partial charge is 0.284 e. The lowest BCUT2D eigenvalue weighted by molar-refractivity contribution is -0.584. The van der Waals surface area contributed by atoms with E-state index in [1.807, 2.05) is 103 Å². The molecule has 3 aliphatic heterocycles. The van der Waals surface area contributed by atoms with Crippen LogP contribution in [-0.2, 0) is 10.3 Å². The van der Waals surface area contributed by atoms with Crippen molar-refractivity contribution >= 4 is 22.4 Å². The number of benzene rings is 4. The van der Waals surface area contributed by atoms with Gasteiger partial charge in [-0.05, 0) is 30.0 Å². The Balaban J connectivity index is 1.58. The minimum Gasteiger partial charge on any atom is -0.478 e. The van der Waals surface area contributed by atoms with Crippen molar-refractivity contribution in [1.82, 2.24) is 4.90 Å². The summed E-state index contributed by atoms with van der Waals surface area (Å²) < 4.78 is 6.58. The van der Waals surface area contributed by atoms with Crippen molar-refractivity contribution in [3.8, 4) is 5.75 Å². The first kappa shape index (κ1) is 21.1. The molecule has 0 radical (unpaired) electrons. The fourth-order valence-electron chi connectivity index (χ4n) is 6.96. The second-order valence-corrected chi connectivity index (χ2v) is 9.91. The number of hydrogen-bond donors (Lipinski definition) is 1. The third kappa shape index (κ3) is 2.38. The summed E-state index contributed by atoms with van der Waals surface area (Å²) in [5.41, 5.74) is 0.0381. The monoisotopic (exact) mass is 477 g/mol. The maximum Gasteiger partial charge on any atom is 0.284 e. The quantitative estimate of drug-likeness (QED) is 0.329. The SMILES string of the molecule is CN1C[C@]2([N+](=O)[O-])[C@@H](c3cccc4ccccc34)Oc3ccccc3[C@@H]2[C@]12C(=O)Nc1ccccc12. The predicted octanol–water partition coefficient (Wildman–Crippen LogP) is 4.87. The molecule has 0 aromatic heterocycles. The highest BCUT2D eigenvalue weighted by molar-refractivity contribution is 6.07. The van der Waals surface area contributed by atoms with E-state index in [2.05, 4.69) is 5.32 Å². The molecule has 178 valence electrons. The number of ether oxygens (including phenoxy) is 1. The van der Waals surface area contributed by atoms with Gasteiger partial charge in [0.25, 0.3) is 11.4 Å². The number of nitrogens with one attached hydrogen (secondary N) is 1. The van der Waals surface area contributed by atoms with Gasteiger partial charge in [0, 0.05) is 27.3 Å². The third-order valence-corrected chi connectivity index (χ3v) is 8.32. The van der Waals surface area contributed by atoms with Crippen molar-refractivity contribution < 1.29 is 14.5 Å². The Morgan fingerprint density at radius 1 is 0.944 bits per heavy atom. The molecule has 1 amide bonds. The van der Waals surface area contributed by atoms with Gasteiger partial charge in [-0.3, -0.25) is 19.8 Å². The predicted molar refractivity (Wildman–Crippen MR) is 136 cm³/mol. The number of amides is 1. The van der Waals surface area contributed by atoms with Crippen molar-refractivity contribution in [2.45, 2.75) is 23.1 Å². The van der Waals surface area contributed by atoms with Gasteiger partial charge in [0.15, 0.2) is 6.10 Å². The minimum atomic E-state index is -1.61. The molecule has 1 saturated heterocycles. The fraction of sp³-hybridized carbons (Fsp3) is 0.207. The molecule has 7 nitrogen and oxygen atoms in total. The Morgan fingerprint density at radius 3 is 2.50 bits per heavy atom. The summed E-state index contributed by atoms with van der Waals surface area (Å²) >= 11 is 0. The zero-order chi connectivity index (χ0) is 24.7. The lowest BCUT2D eigenvalue weighted by atomic mass is 9.64. The van der Waals surface area contributed by atoms with Crippen LogP contribution < -0.4 is 10.1 Å². The number of para-hydroxylation sites is 2. The second-order valence-electron chi connectivity index (χ2n) is 9.91. The number of likely N-dealkylation sites (N-methyl/N-ethyl adjacent to an activating group) is 1. The first-order valence-corrected chi connectivity index (χ1v) is 12.0. The van der Waals surface area contributed by atoms with Gasteiger partial charge >= 0.3 is 0 Å². The van der Waals surface area contributed by atoms with E-state index in [0.717, 1.165) is 21.9 Å². The van der Waals surface area contributed by atoms with E-state index < -0.39 is 23.1 Å². The van der Waals surface area contributed by atoms with Crippen molar-refractivity contribution in [3.05, 3.63) is 118 Å². The Labute approximate surface area is 207 Å². The van der Waals surface area contributed by atoms with E-state index in [1.54, 1.807) is 0 Å². The highest BCUT2D eigenvalue weighted by Gasteiger charge is 2.78. The van der Waals surface area contributed by atoms with Crippen LogP contribution in [0, 0.1) is 10.1 Å². The van der Waals surface area contributed by atoms with Crippen LogP contribution in [0.1, 0.15) is 28.7 Å². The molecule has 0 unspecified atom stereocenters. The highest BCUT2D eigenvalue weighted by Crippen LogP contribution is 2.65. The second kappa shape index (κ2) is 7.15. The summed E-state index contributed by atoms with van der Waals surface area (Å²) in [6, 6.07) is 28.6. The number of rotatable bonds is 2. The largest absolute Gasteiger partial charge is 0.478 e. The Hall–Kier alpha value is -4.23. The van der Waals surface area contributed by atoms with Crippen LogP contribution in [0.3, 0.4) is 0 Å². The topological polar surface area (TPSA) is 84.7 Å². The van der Waals surface area contributed by atoms with E-state index in [9.17, 15) is 14.9 Å². The van der Waals surface area contributed by atoms with E-state index in [0.29, 0.717) is 17.0 Å². The molecule has 0 aliphatic carbocycles. The Kier molecular flexibility index (Phi) is 4.19. The van der Waals surface area contributed by atoms with Crippen LogP contribution in [0.15, 0.2) is 91.0 Å². The standard InChI is InChI=1S/C29H23N3O4/c1-31-17-28(32(34)35)25(29(31)22-14-5-6-15-23(22)30-27(29)33)21-12-4-7-16-24(21)36-26(28)20-13-8-10-18-9-2-3-11-19(18)20/h2-16,25-26H,17H2,1H3,(H,30,33)/t25-,26+,28+,29+/m0/s1. The van der Waals surface area contributed by atoms with Gasteiger partial charge in [-0.2, -0.15) is 0 Å². The van der Waals surface area contributed by atoms with Crippen molar-refractivity contribution in [2.75, 3.05) is 18.9 Å². The summed E-state index contributed by atoms with van der Waals surface area (Å²) in [7, 11) is 1.81. The normalized spacial score (nSPS) is 28.3. The molecular weight excluding hydrogens is 454 g/mol. The van der Waals surface area contributed by atoms with Crippen LogP contribution in [0.4, 0.5) is 5.69 Å². The Bertz CT molecular complexity index is 1580. The van der Waals surface area contributed by atoms with Gasteiger partial charge in [-0.25, -0.2) is 0 Å². The summed E-state index contributed by atoms with van der Waals surface area (Å²) in [5, 5.41) is 18.3. The highest BCUT2D eigenvalue weighted by atomic mass is 16.6. The molecule has 36 heavy (non-hydrogen) atoms. The van der Waals surface area contributed by atoms with Gasteiger partial charge in [0.1, 0.15) is 11.3 Å². The van der Waals surface area contributed by atoms with E-state index in [4.69, 9.17) is 4.74 Å². The van der Waals surface area contributed by atoms with E-state index >= 15 is 0 Å². The number of carbonyl (C=O) groups excluding carboxylic acids is 1. The van der Waals surface area contributed by atoms with Gasteiger partial charge in [-0.15, -0.1) is 0 Å². The zero-order valence-corrected chi connectivity index (χ0v) is 19.5. The summed E-state index contributed by atoms with van der Waals surface area (Å²) in [4.78, 5) is 29.0. The van der Waals surface area contributed by atoms with E-state index in [1.165, 1.54) is 0 Å². The summed E-state index contributed by atoms with van der Waals surface area (Å²) in [6.45, 7) is 0.0502. The van der Waals surface area contributed by atoms with Gasteiger partial charge in [0.2, 0.25) is 0 Å². The molecule has 3 aliphatic rings. The molecule has 1 N–H and O–H groups in total. The lowest BCUT2D eigenvalue weighted by Gasteiger charge is -2.43. The maximum absolute atomic E-state index is 13.9. The molecule has 7 rings (SSSR count). The number of hydrogen-bond acceptors (Lipinski definition) is 5. The average molecular weight is 478 g/mol. The number of likely N-dealkylation sites (tertiary alicyclic amines) is 1. The fourth-order valence-corrected chi connectivity index (χ4v) is 6.96. The van der Waals surface area contributed by atoms with Crippen molar-refractivity contribution in [2.24, 2.45) is 0 Å². The summed E-state index contributed by atoms with van der Waals surface area (Å²) in [5.74, 6) is -0.444. The van der Waals surface area contributed by atoms with Gasteiger partial charge < -0.3 is 10.1 Å². The number of nitrogens with zero attached hydrogens (tertiary/aromatic N) is 2. The molecule has 1 spiro atoms. The third-order valence-electron chi connectivity index (χ3n) is 8.32. The number of carbonyl (C=O) groups is 1. The number of fused-ring (bicyclic) bond motifs is 7. The molecule has 1 fully saturated rings. The lowest BCUT2D eigenvalue weighted by Crippen LogP contribution is -2.57. The zero-order valence-electron chi connectivity index (χ0n) is 19.5. The van der Waals surface area contributed by atoms with Gasteiger partial charge in [-0.1, -0.05) is 78.9 Å². The van der Waals surface area contributed by atoms with Crippen LogP contribution >= 0.6 is 0 Å². The van der Waals surface area contributed by atoms with E-state index in [-0.39, 0.29) is 17.4 Å². The molecular formula is C29H23N3O4. The first-order chi connectivity index (χ1) is 17.5.